The molecule has 0 atom stereocenters. The summed E-state index contributed by atoms with van der Waals surface area (Å²) < 4.78 is 2.08. The van der Waals surface area contributed by atoms with Crippen LogP contribution in [0.4, 0.5) is 0 Å². The first-order chi connectivity index (χ1) is 8.97. The van der Waals surface area contributed by atoms with Crippen LogP contribution in [0.15, 0.2) is 0 Å². The molecule has 0 aliphatic heterocycles. The monoisotopic (exact) mass is 263 g/mol. The molecule has 4 heteroatoms. The second-order valence-corrected chi connectivity index (χ2v) is 6.07. The predicted molar refractivity (Wildman–Crippen MR) is 76.0 cm³/mol. The van der Waals surface area contributed by atoms with Gasteiger partial charge in [0.25, 0.3) is 0 Å². The minimum Gasteiger partial charge on any atom is -0.353 e. The molecule has 1 heterocycles. The van der Waals surface area contributed by atoms with Crippen LogP contribution in [0.25, 0.3) is 0 Å². The average molecular weight is 263 g/mol. The van der Waals surface area contributed by atoms with Gasteiger partial charge in [0, 0.05) is 24.7 Å². The Bertz CT molecular complexity index is 458. The quantitative estimate of drug-likeness (QED) is 0.856. The number of hydrogen-bond donors (Lipinski definition) is 1. The normalized spacial score (nSPS) is 15.0. The molecule has 1 aromatic heterocycles. The SMILES string of the molecule is Cc1nn(CC(C)C)c(C)c1CCC(=O)NC1CC1. The van der Waals surface area contributed by atoms with Gasteiger partial charge in [-0.2, -0.15) is 5.10 Å². The summed E-state index contributed by atoms with van der Waals surface area (Å²) in [5.74, 6) is 0.766. The molecule has 1 N–H and O–H groups in total. The lowest BCUT2D eigenvalue weighted by atomic mass is 10.1. The van der Waals surface area contributed by atoms with Gasteiger partial charge in [-0.1, -0.05) is 13.8 Å². The second-order valence-electron chi connectivity index (χ2n) is 6.07. The maximum absolute atomic E-state index is 11.7. The average Bonchev–Trinajstić information content (AvgIpc) is 3.06. The zero-order valence-corrected chi connectivity index (χ0v) is 12.5. The van der Waals surface area contributed by atoms with Crippen LogP contribution in [0.3, 0.4) is 0 Å². The van der Waals surface area contributed by atoms with E-state index < -0.39 is 0 Å². The Morgan fingerprint density at radius 3 is 2.68 bits per heavy atom. The van der Waals surface area contributed by atoms with Crippen molar-refractivity contribution in [3.05, 3.63) is 17.0 Å². The van der Waals surface area contributed by atoms with E-state index in [4.69, 9.17) is 0 Å². The standard InChI is InChI=1S/C15H25N3O/c1-10(2)9-18-12(4)14(11(3)17-18)7-8-15(19)16-13-5-6-13/h10,13H,5-9H2,1-4H3,(H,16,19). The van der Waals surface area contributed by atoms with E-state index in [0.717, 1.165) is 31.5 Å². The van der Waals surface area contributed by atoms with Crippen LogP contribution in [0.2, 0.25) is 0 Å². The smallest absolute Gasteiger partial charge is 0.220 e. The molecular formula is C15H25N3O. The van der Waals surface area contributed by atoms with Crippen molar-refractivity contribution in [1.82, 2.24) is 15.1 Å². The molecular weight excluding hydrogens is 238 g/mol. The highest BCUT2D eigenvalue weighted by atomic mass is 16.1. The van der Waals surface area contributed by atoms with E-state index in [1.54, 1.807) is 0 Å². The minimum atomic E-state index is 0.179. The Hall–Kier alpha value is -1.32. The number of aromatic nitrogens is 2. The van der Waals surface area contributed by atoms with E-state index in [-0.39, 0.29) is 5.91 Å². The fraction of sp³-hybridized carbons (Fsp3) is 0.733. The lowest BCUT2D eigenvalue weighted by Crippen LogP contribution is -2.25. The lowest BCUT2D eigenvalue weighted by Gasteiger charge is -2.08. The van der Waals surface area contributed by atoms with Crippen molar-refractivity contribution in [3.63, 3.8) is 0 Å². The maximum Gasteiger partial charge on any atom is 0.220 e. The van der Waals surface area contributed by atoms with E-state index in [0.29, 0.717) is 18.4 Å². The number of carbonyl (C=O) groups is 1. The molecule has 0 spiro atoms. The first-order valence-electron chi connectivity index (χ1n) is 7.29. The third-order valence-corrected chi connectivity index (χ3v) is 3.61. The van der Waals surface area contributed by atoms with Gasteiger partial charge in [0.15, 0.2) is 0 Å². The highest BCUT2D eigenvalue weighted by Crippen LogP contribution is 2.20. The van der Waals surface area contributed by atoms with Gasteiger partial charge in [-0.05, 0) is 44.6 Å². The van der Waals surface area contributed by atoms with Gasteiger partial charge in [-0.25, -0.2) is 0 Å². The Balaban J connectivity index is 1.94. The van der Waals surface area contributed by atoms with E-state index in [2.05, 4.69) is 35.9 Å². The highest BCUT2D eigenvalue weighted by molar-refractivity contribution is 5.76. The molecule has 1 aromatic rings. The third-order valence-electron chi connectivity index (χ3n) is 3.61. The molecule has 0 radical (unpaired) electrons. The Morgan fingerprint density at radius 1 is 1.42 bits per heavy atom. The zero-order chi connectivity index (χ0) is 14.0. The van der Waals surface area contributed by atoms with Crippen molar-refractivity contribution in [1.29, 1.82) is 0 Å². The Morgan fingerprint density at radius 2 is 2.11 bits per heavy atom. The summed E-state index contributed by atoms with van der Waals surface area (Å²) in [6, 6.07) is 0.457. The topological polar surface area (TPSA) is 46.9 Å². The van der Waals surface area contributed by atoms with Gasteiger partial charge in [-0.3, -0.25) is 9.48 Å². The van der Waals surface area contributed by atoms with Crippen molar-refractivity contribution in [2.24, 2.45) is 5.92 Å². The number of rotatable bonds is 6. The molecule has 1 aliphatic carbocycles. The molecule has 2 rings (SSSR count). The number of nitrogens with zero attached hydrogens (tertiary/aromatic N) is 2. The van der Waals surface area contributed by atoms with Crippen molar-refractivity contribution >= 4 is 5.91 Å². The molecule has 1 amide bonds. The molecule has 0 bridgehead atoms. The van der Waals surface area contributed by atoms with Gasteiger partial charge in [0.05, 0.1) is 5.69 Å². The predicted octanol–water partition coefficient (Wildman–Crippen LogP) is 2.37. The Labute approximate surface area is 115 Å². The number of nitrogens with one attached hydrogen (secondary N) is 1. The largest absolute Gasteiger partial charge is 0.353 e. The van der Waals surface area contributed by atoms with Crippen LogP contribution in [0.5, 0.6) is 0 Å². The molecule has 1 saturated carbocycles. The van der Waals surface area contributed by atoms with E-state index in [1.807, 2.05) is 6.92 Å². The summed E-state index contributed by atoms with van der Waals surface area (Å²) >= 11 is 0. The van der Waals surface area contributed by atoms with Crippen LogP contribution < -0.4 is 5.32 Å². The first kappa shape index (κ1) is 14.1. The van der Waals surface area contributed by atoms with Gasteiger partial charge >= 0.3 is 0 Å². The summed E-state index contributed by atoms with van der Waals surface area (Å²) in [5, 5.41) is 7.62. The van der Waals surface area contributed by atoms with Gasteiger partial charge < -0.3 is 5.32 Å². The van der Waals surface area contributed by atoms with E-state index in [9.17, 15) is 4.79 Å². The number of hydrogen-bond acceptors (Lipinski definition) is 2. The molecule has 19 heavy (non-hydrogen) atoms. The first-order valence-corrected chi connectivity index (χ1v) is 7.29. The van der Waals surface area contributed by atoms with Crippen LogP contribution in [0.1, 0.15) is 50.1 Å². The fourth-order valence-corrected chi connectivity index (χ4v) is 2.39. The summed E-state index contributed by atoms with van der Waals surface area (Å²) in [6.45, 7) is 9.48. The second kappa shape index (κ2) is 5.76. The minimum absolute atomic E-state index is 0.179. The van der Waals surface area contributed by atoms with Crippen LogP contribution in [0, 0.1) is 19.8 Å². The molecule has 0 saturated heterocycles. The number of amides is 1. The van der Waals surface area contributed by atoms with Gasteiger partial charge in [-0.15, -0.1) is 0 Å². The van der Waals surface area contributed by atoms with Crippen molar-refractivity contribution in [3.8, 4) is 0 Å². The van der Waals surface area contributed by atoms with Crippen molar-refractivity contribution < 1.29 is 4.79 Å². The van der Waals surface area contributed by atoms with Crippen LogP contribution in [-0.2, 0) is 17.8 Å². The van der Waals surface area contributed by atoms with Crippen molar-refractivity contribution in [2.75, 3.05) is 0 Å². The molecule has 1 aliphatic rings. The van der Waals surface area contributed by atoms with E-state index >= 15 is 0 Å². The third kappa shape index (κ3) is 3.82. The molecule has 1 fully saturated rings. The van der Waals surface area contributed by atoms with Crippen LogP contribution in [-0.4, -0.2) is 21.7 Å². The summed E-state index contributed by atoms with van der Waals surface area (Å²) in [5.41, 5.74) is 3.52. The van der Waals surface area contributed by atoms with E-state index in [1.165, 1.54) is 11.3 Å². The molecule has 4 nitrogen and oxygen atoms in total. The molecule has 106 valence electrons. The molecule has 0 aromatic carbocycles. The fourth-order valence-electron chi connectivity index (χ4n) is 2.39. The van der Waals surface area contributed by atoms with Crippen molar-refractivity contribution in [2.45, 2.75) is 66.0 Å². The summed E-state index contributed by atoms with van der Waals surface area (Å²) in [4.78, 5) is 11.7. The summed E-state index contributed by atoms with van der Waals surface area (Å²) in [6.07, 6.45) is 3.67. The van der Waals surface area contributed by atoms with Crippen LogP contribution >= 0.6 is 0 Å². The van der Waals surface area contributed by atoms with Gasteiger partial charge in [0.1, 0.15) is 0 Å². The molecule has 0 unspecified atom stereocenters. The number of carbonyl (C=O) groups excluding carboxylic acids is 1. The highest BCUT2D eigenvalue weighted by Gasteiger charge is 2.23. The lowest BCUT2D eigenvalue weighted by molar-refractivity contribution is -0.121. The zero-order valence-electron chi connectivity index (χ0n) is 12.5. The maximum atomic E-state index is 11.7. The Kier molecular flexibility index (Phi) is 4.27. The summed E-state index contributed by atoms with van der Waals surface area (Å²) in [7, 11) is 0. The number of aryl methyl sites for hydroxylation is 1. The van der Waals surface area contributed by atoms with Gasteiger partial charge in [0.2, 0.25) is 5.91 Å².